The molecule has 0 aromatic heterocycles. The number of hydrogen-bond acceptors (Lipinski definition) is 2. The van der Waals surface area contributed by atoms with Crippen LogP contribution in [0.1, 0.15) is 51.2 Å². The van der Waals surface area contributed by atoms with Gasteiger partial charge < -0.3 is 11.1 Å². The molecule has 1 amide bonds. The number of amides is 1. The molecular formula is C19H28N2O. The Hall–Kier alpha value is -1.87. The fourth-order valence-corrected chi connectivity index (χ4v) is 2.38. The average molecular weight is 300 g/mol. The van der Waals surface area contributed by atoms with Crippen LogP contribution >= 0.6 is 0 Å². The van der Waals surface area contributed by atoms with Crippen LogP contribution in [0, 0.1) is 0 Å². The number of unbranched alkanes of at least 4 members (excludes halogenated alkanes) is 1. The molecule has 0 aliphatic rings. The van der Waals surface area contributed by atoms with Crippen molar-refractivity contribution in [3.8, 4) is 0 Å². The topological polar surface area (TPSA) is 55.1 Å². The third kappa shape index (κ3) is 4.85. The van der Waals surface area contributed by atoms with Gasteiger partial charge in [-0.05, 0) is 28.3 Å². The molecule has 0 unspecified atom stereocenters. The van der Waals surface area contributed by atoms with Crippen LogP contribution < -0.4 is 11.1 Å². The number of hydrogen-bond donors (Lipinski definition) is 2. The molecule has 0 radical (unpaired) electrons. The van der Waals surface area contributed by atoms with Gasteiger partial charge in [-0.1, -0.05) is 63.6 Å². The van der Waals surface area contributed by atoms with Crippen molar-refractivity contribution in [2.75, 3.05) is 0 Å². The van der Waals surface area contributed by atoms with Gasteiger partial charge in [0.15, 0.2) is 0 Å². The summed E-state index contributed by atoms with van der Waals surface area (Å²) in [5.41, 5.74) is 8.06. The molecular weight excluding hydrogens is 272 g/mol. The molecule has 0 saturated carbocycles. The van der Waals surface area contributed by atoms with Crippen LogP contribution in [-0.2, 0) is 17.9 Å². The summed E-state index contributed by atoms with van der Waals surface area (Å²) in [6, 6.07) is 12.3. The van der Waals surface area contributed by atoms with Crippen molar-refractivity contribution in [1.82, 2.24) is 5.32 Å². The van der Waals surface area contributed by atoms with Gasteiger partial charge in [-0.15, -0.1) is 0 Å². The molecule has 2 aromatic carbocycles. The van der Waals surface area contributed by atoms with E-state index in [4.69, 9.17) is 5.73 Å². The molecule has 22 heavy (non-hydrogen) atoms. The summed E-state index contributed by atoms with van der Waals surface area (Å²) in [6.07, 6.45) is 2.59. The second kappa shape index (κ2) is 9.96. The molecule has 2 aromatic rings. The zero-order valence-corrected chi connectivity index (χ0v) is 14.0. The molecule has 3 nitrogen and oxygen atoms in total. The minimum absolute atomic E-state index is 0.124. The SMILES string of the molecule is CC.CCCCC(=O)NCc1ccc(CN)c2ccccc12. The van der Waals surface area contributed by atoms with Crippen LogP contribution in [0.5, 0.6) is 0 Å². The summed E-state index contributed by atoms with van der Waals surface area (Å²) in [5.74, 6) is 0.124. The van der Waals surface area contributed by atoms with E-state index >= 15 is 0 Å². The quantitative estimate of drug-likeness (QED) is 0.842. The van der Waals surface area contributed by atoms with Gasteiger partial charge in [-0.3, -0.25) is 4.79 Å². The van der Waals surface area contributed by atoms with E-state index in [1.807, 2.05) is 26.0 Å². The number of nitrogens with one attached hydrogen (secondary N) is 1. The predicted octanol–water partition coefficient (Wildman–Crippen LogP) is 4.13. The predicted molar refractivity (Wildman–Crippen MR) is 94.6 cm³/mol. The Morgan fingerprint density at radius 3 is 2.23 bits per heavy atom. The second-order valence-electron chi connectivity index (χ2n) is 5.01. The zero-order chi connectivity index (χ0) is 16.4. The van der Waals surface area contributed by atoms with E-state index in [2.05, 4.69) is 36.5 Å². The molecule has 0 aliphatic heterocycles. The lowest BCUT2D eigenvalue weighted by Crippen LogP contribution is -2.22. The Kier molecular flexibility index (Phi) is 8.23. The van der Waals surface area contributed by atoms with Crippen molar-refractivity contribution in [2.45, 2.75) is 53.1 Å². The maximum absolute atomic E-state index is 11.7. The molecule has 0 spiro atoms. The zero-order valence-electron chi connectivity index (χ0n) is 14.0. The maximum Gasteiger partial charge on any atom is 0.220 e. The number of rotatable bonds is 6. The van der Waals surface area contributed by atoms with Gasteiger partial charge in [-0.25, -0.2) is 0 Å². The van der Waals surface area contributed by atoms with Gasteiger partial charge in [0.05, 0.1) is 0 Å². The first-order chi connectivity index (χ1) is 10.8. The van der Waals surface area contributed by atoms with Crippen LogP contribution in [0.4, 0.5) is 0 Å². The van der Waals surface area contributed by atoms with Crippen molar-refractivity contribution >= 4 is 16.7 Å². The molecule has 0 atom stereocenters. The largest absolute Gasteiger partial charge is 0.352 e. The molecule has 0 saturated heterocycles. The van der Waals surface area contributed by atoms with Crippen molar-refractivity contribution in [1.29, 1.82) is 0 Å². The van der Waals surface area contributed by atoms with Gasteiger partial charge in [-0.2, -0.15) is 0 Å². The summed E-state index contributed by atoms with van der Waals surface area (Å²) in [5, 5.41) is 5.34. The molecule has 0 heterocycles. The molecule has 2 rings (SSSR count). The first-order valence-electron chi connectivity index (χ1n) is 8.22. The number of carbonyl (C=O) groups excluding carboxylic acids is 1. The Labute approximate surface area is 133 Å². The highest BCUT2D eigenvalue weighted by molar-refractivity contribution is 5.89. The summed E-state index contributed by atoms with van der Waals surface area (Å²) in [7, 11) is 0. The van der Waals surface area contributed by atoms with Crippen molar-refractivity contribution in [3.63, 3.8) is 0 Å². The van der Waals surface area contributed by atoms with Crippen LogP contribution in [0.25, 0.3) is 10.8 Å². The van der Waals surface area contributed by atoms with Crippen molar-refractivity contribution < 1.29 is 4.79 Å². The summed E-state index contributed by atoms with van der Waals surface area (Å²) >= 11 is 0. The monoisotopic (exact) mass is 300 g/mol. The molecule has 0 fully saturated rings. The molecule has 3 N–H and O–H groups in total. The Morgan fingerprint density at radius 2 is 1.64 bits per heavy atom. The highest BCUT2D eigenvalue weighted by atomic mass is 16.1. The second-order valence-corrected chi connectivity index (χ2v) is 5.01. The van der Waals surface area contributed by atoms with Crippen LogP contribution in [0.15, 0.2) is 36.4 Å². The van der Waals surface area contributed by atoms with Crippen LogP contribution in [0.2, 0.25) is 0 Å². The smallest absolute Gasteiger partial charge is 0.220 e. The number of nitrogens with two attached hydrogens (primary N) is 1. The summed E-state index contributed by atoms with van der Waals surface area (Å²) in [4.78, 5) is 11.7. The van der Waals surface area contributed by atoms with Crippen LogP contribution in [0.3, 0.4) is 0 Å². The molecule has 3 heteroatoms. The lowest BCUT2D eigenvalue weighted by atomic mass is 9.99. The van der Waals surface area contributed by atoms with E-state index in [1.54, 1.807) is 0 Å². The van der Waals surface area contributed by atoms with E-state index in [0.717, 1.165) is 24.0 Å². The highest BCUT2D eigenvalue weighted by Crippen LogP contribution is 2.22. The van der Waals surface area contributed by atoms with Gasteiger partial charge in [0.2, 0.25) is 5.91 Å². The highest BCUT2D eigenvalue weighted by Gasteiger charge is 2.06. The number of benzene rings is 2. The van der Waals surface area contributed by atoms with Gasteiger partial charge in [0.25, 0.3) is 0 Å². The van der Waals surface area contributed by atoms with Crippen molar-refractivity contribution in [2.24, 2.45) is 5.73 Å². The third-order valence-corrected chi connectivity index (χ3v) is 3.56. The Balaban J connectivity index is 0.00000116. The lowest BCUT2D eigenvalue weighted by molar-refractivity contribution is -0.121. The van der Waals surface area contributed by atoms with Gasteiger partial charge in [0.1, 0.15) is 0 Å². The Bertz CT molecular complexity index is 593. The number of carbonyl (C=O) groups is 1. The molecule has 120 valence electrons. The first-order valence-corrected chi connectivity index (χ1v) is 8.22. The van der Waals surface area contributed by atoms with E-state index in [9.17, 15) is 4.79 Å². The normalized spacial score (nSPS) is 10.0. The first kappa shape index (κ1) is 18.2. The minimum Gasteiger partial charge on any atom is -0.352 e. The van der Waals surface area contributed by atoms with E-state index in [-0.39, 0.29) is 5.91 Å². The van der Waals surface area contributed by atoms with E-state index in [1.165, 1.54) is 10.8 Å². The number of fused-ring (bicyclic) bond motifs is 1. The minimum atomic E-state index is 0.124. The van der Waals surface area contributed by atoms with E-state index in [0.29, 0.717) is 19.5 Å². The maximum atomic E-state index is 11.7. The summed E-state index contributed by atoms with van der Waals surface area (Å²) < 4.78 is 0. The van der Waals surface area contributed by atoms with E-state index < -0.39 is 0 Å². The average Bonchev–Trinajstić information content (AvgIpc) is 2.59. The van der Waals surface area contributed by atoms with Crippen LogP contribution in [-0.4, -0.2) is 5.91 Å². The van der Waals surface area contributed by atoms with Gasteiger partial charge in [0, 0.05) is 19.5 Å². The molecule has 0 aliphatic carbocycles. The fraction of sp³-hybridized carbons (Fsp3) is 0.421. The van der Waals surface area contributed by atoms with Crippen molar-refractivity contribution in [3.05, 3.63) is 47.5 Å². The fourth-order valence-electron chi connectivity index (χ4n) is 2.38. The standard InChI is InChI=1S/C17H22N2O.C2H6/c1-2-3-8-17(20)19-12-14-10-9-13(11-18)15-6-4-5-7-16(14)15;1-2/h4-7,9-10H,2-3,8,11-12,18H2,1H3,(H,19,20);1-2H3. The Morgan fingerprint density at radius 1 is 1.05 bits per heavy atom. The van der Waals surface area contributed by atoms with Gasteiger partial charge >= 0.3 is 0 Å². The summed E-state index contributed by atoms with van der Waals surface area (Å²) in [6.45, 7) is 7.20. The molecule has 0 bridgehead atoms. The lowest BCUT2D eigenvalue weighted by Gasteiger charge is -2.11. The third-order valence-electron chi connectivity index (χ3n) is 3.56.